The molecule has 0 unspecified atom stereocenters. The Kier molecular flexibility index (Phi) is 1.70. The van der Waals surface area contributed by atoms with Crippen molar-refractivity contribution in [1.29, 1.82) is 0 Å². The van der Waals surface area contributed by atoms with Crippen molar-refractivity contribution in [2.24, 2.45) is 0 Å². The van der Waals surface area contributed by atoms with Crippen LogP contribution in [-0.4, -0.2) is 19.4 Å². The van der Waals surface area contributed by atoms with Gasteiger partial charge in [-0.1, -0.05) is 6.07 Å². The van der Waals surface area contributed by atoms with E-state index < -0.39 is 0 Å². The summed E-state index contributed by atoms with van der Waals surface area (Å²) in [5.74, 6) is 0.769. The fourth-order valence-electron chi connectivity index (χ4n) is 1.29. The topological polar surface area (TPSA) is 38.3 Å². The van der Waals surface area contributed by atoms with E-state index in [-0.39, 0.29) is 0 Å². The fraction of sp³-hybridized carbons (Fsp3) is 0.222. The van der Waals surface area contributed by atoms with Crippen LogP contribution in [0.3, 0.4) is 0 Å². The lowest BCUT2D eigenvalue weighted by Gasteiger charge is -2.19. The van der Waals surface area contributed by atoms with Crippen molar-refractivity contribution in [3.8, 4) is 5.75 Å². The molecule has 0 spiro atoms. The van der Waals surface area contributed by atoms with Gasteiger partial charge in [-0.25, -0.2) is 0 Å². The average Bonchev–Trinajstić information content (AvgIpc) is 2.17. The maximum absolute atomic E-state index is 10.6. The van der Waals surface area contributed by atoms with Gasteiger partial charge in [0, 0.05) is 12.1 Å². The minimum absolute atomic E-state index is 0.659. The van der Waals surface area contributed by atoms with E-state index in [0.29, 0.717) is 12.2 Å². The van der Waals surface area contributed by atoms with Crippen LogP contribution in [0.5, 0.6) is 5.75 Å². The summed E-state index contributed by atoms with van der Waals surface area (Å²) in [6.07, 6.45) is 0.834. The summed E-state index contributed by atoms with van der Waals surface area (Å²) in [6, 6.07) is 5.44. The van der Waals surface area contributed by atoms with Crippen LogP contribution < -0.4 is 10.1 Å². The number of anilines is 1. The molecule has 12 heavy (non-hydrogen) atoms. The number of para-hydroxylation sites is 1. The van der Waals surface area contributed by atoms with E-state index in [9.17, 15) is 4.79 Å². The molecule has 0 amide bonds. The summed E-state index contributed by atoms with van der Waals surface area (Å²) in [4.78, 5) is 10.6. The molecule has 0 saturated carbocycles. The molecule has 1 aromatic carbocycles. The van der Waals surface area contributed by atoms with E-state index in [1.807, 2.05) is 12.1 Å². The van der Waals surface area contributed by atoms with E-state index in [4.69, 9.17) is 4.74 Å². The Balaban J connectivity index is 2.51. The van der Waals surface area contributed by atoms with E-state index >= 15 is 0 Å². The predicted molar refractivity (Wildman–Crippen MR) is 45.8 cm³/mol. The number of aldehydes is 1. The number of benzene rings is 1. The number of nitrogens with one attached hydrogen (secondary N) is 1. The molecule has 1 heterocycles. The quantitative estimate of drug-likeness (QED) is 0.634. The molecular formula is C9H9NO2. The summed E-state index contributed by atoms with van der Waals surface area (Å²) in [7, 11) is 0. The second kappa shape index (κ2) is 2.85. The molecule has 62 valence electrons. The lowest BCUT2D eigenvalue weighted by atomic mass is 10.1. The molecule has 3 nitrogen and oxygen atoms in total. The molecule has 0 fully saturated rings. The monoisotopic (exact) mass is 163 g/mol. The SMILES string of the molecule is O=Cc1cccc2c1NCCO2. The number of rotatable bonds is 1. The van der Waals surface area contributed by atoms with Crippen LogP contribution in [0.15, 0.2) is 18.2 Å². The van der Waals surface area contributed by atoms with Gasteiger partial charge in [-0.2, -0.15) is 0 Å². The smallest absolute Gasteiger partial charge is 0.152 e. The number of carbonyl (C=O) groups excluding carboxylic acids is 1. The average molecular weight is 163 g/mol. The second-order valence-corrected chi connectivity index (χ2v) is 2.61. The van der Waals surface area contributed by atoms with Gasteiger partial charge < -0.3 is 10.1 Å². The zero-order valence-electron chi connectivity index (χ0n) is 6.54. The van der Waals surface area contributed by atoms with Gasteiger partial charge in [0.05, 0.1) is 5.69 Å². The summed E-state index contributed by atoms with van der Waals surface area (Å²) in [5.41, 5.74) is 1.48. The lowest BCUT2D eigenvalue weighted by molar-refractivity contribution is 0.112. The van der Waals surface area contributed by atoms with Crippen LogP contribution in [0.25, 0.3) is 0 Å². The normalized spacial score (nSPS) is 14.0. The van der Waals surface area contributed by atoms with Crippen molar-refractivity contribution in [3.05, 3.63) is 23.8 Å². The number of fused-ring (bicyclic) bond motifs is 1. The summed E-state index contributed by atoms with van der Waals surface area (Å²) in [5, 5.41) is 3.13. The Labute approximate surface area is 70.3 Å². The van der Waals surface area contributed by atoms with Crippen molar-refractivity contribution in [2.75, 3.05) is 18.5 Å². The van der Waals surface area contributed by atoms with E-state index in [1.165, 1.54) is 0 Å². The minimum atomic E-state index is 0.659. The fourth-order valence-corrected chi connectivity index (χ4v) is 1.29. The molecule has 0 aromatic heterocycles. The van der Waals surface area contributed by atoms with E-state index in [1.54, 1.807) is 6.07 Å². The molecule has 3 heteroatoms. The number of ether oxygens (including phenoxy) is 1. The third kappa shape index (κ3) is 1.03. The van der Waals surface area contributed by atoms with Crippen molar-refractivity contribution in [2.45, 2.75) is 0 Å². The molecule has 0 saturated heterocycles. The standard InChI is InChI=1S/C9H9NO2/c11-6-7-2-1-3-8-9(7)10-4-5-12-8/h1-3,6,10H,4-5H2. The molecule has 2 rings (SSSR count). The first-order chi connectivity index (χ1) is 5.92. The molecule has 0 bridgehead atoms. The first-order valence-electron chi connectivity index (χ1n) is 3.86. The summed E-state index contributed by atoms with van der Waals surface area (Å²) < 4.78 is 5.34. The van der Waals surface area contributed by atoms with Crippen LogP contribution in [0.4, 0.5) is 5.69 Å². The highest BCUT2D eigenvalue weighted by molar-refractivity contribution is 5.87. The molecule has 1 aromatic rings. The van der Waals surface area contributed by atoms with Gasteiger partial charge in [0.1, 0.15) is 12.4 Å². The van der Waals surface area contributed by atoms with Crippen LogP contribution >= 0.6 is 0 Å². The van der Waals surface area contributed by atoms with Gasteiger partial charge in [-0.3, -0.25) is 4.79 Å². The predicted octanol–water partition coefficient (Wildman–Crippen LogP) is 1.30. The van der Waals surface area contributed by atoms with Gasteiger partial charge in [-0.05, 0) is 12.1 Å². The summed E-state index contributed by atoms with van der Waals surface area (Å²) >= 11 is 0. The Morgan fingerprint density at radius 1 is 1.50 bits per heavy atom. The maximum atomic E-state index is 10.6. The van der Waals surface area contributed by atoms with Gasteiger partial charge in [0.25, 0.3) is 0 Å². The van der Waals surface area contributed by atoms with Crippen LogP contribution in [-0.2, 0) is 0 Å². The Hall–Kier alpha value is -1.51. The van der Waals surface area contributed by atoms with Gasteiger partial charge in [0.15, 0.2) is 6.29 Å². The van der Waals surface area contributed by atoms with Crippen LogP contribution in [0.1, 0.15) is 10.4 Å². The largest absolute Gasteiger partial charge is 0.490 e. The van der Waals surface area contributed by atoms with Gasteiger partial charge in [-0.15, -0.1) is 0 Å². The first-order valence-corrected chi connectivity index (χ1v) is 3.86. The zero-order valence-corrected chi connectivity index (χ0v) is 6.54. The molecule has 1 N–H and O–H groups in total. The Morgan fingerprint density at radius 3 is 3.25 bits per heavy atom. The molecule has 1 aliphatic rings. The second-order valence-electron chi connectivity index (χ2n) is 2.61. The highest BCUT2D eigenvalue weighted by Crippen LogP contribution is 2.29. The van der Waals surface area contributed by atoms with E-state index in [2.05, 4.69) is 5.32 Å². The number of hydrogen-bond acceptors (Lipinski definition) is 3. The molecule has 0 radical (unpaired) electrons. The first kappa shape index (κ1) is 7.16. The van der Waals surface area contributed by atoms with Crippen LogP contribution in [0, 0.1) is 0 Å². The Morgan fingerprint density at radius 2 is 2.42 bits per heavy atom. The zero-order chi connectivity index (χ0) is 8.39. The van der Waals surface area contributed by atoms with Crippen molar-refractivity contribution in [3.63, 3.8) is 0 Å². The lowest BCUT2D eigenvalue weighted by Crippen LogP contribution is -2.19. The summed E-state index contributed by atoms with van der Waals surface area (Å²) in [6.45, 7) is 1.42. The highest BCUT2D eigenvalue weighted by Gasteiger charge is 2.11. The van der Waals surface area contributed by atoms with Gasteiger partial charge in [0.2, 0.25) is 0 Å². The third-order valence-corrected chi connectivity index (χ3v) is 1.85. The van der Waals surface area contributed by atoms with Gasteiger partial charge >= 0.3 is 0 Å². The highest BCUT2D eigenvalue weighted by atomic mass is 16.5. The Bertz CT molecular complexity index is 309. The minimum Gasteiger partial charge on any atom is -0.490 e. The maximum Gasteiger partial charge on any atom is 0.152 e. The molecular weight excluding hydrogens is 154 g/mol. The number of carbonyl (C=O) groups is 1. The number of hydrogen-bond donors (Lipinski definition) is 1. The molecule has 1 aliphatic heterocycles. The van der Waals surface area contributed by atoms with E-state index in [0.717, 1.165) is 24.3 Å². The van der Waals surface area contributed by atoms with Crippen molar-refractivity contribution in [1.82, 2.24) is 0 Å². The van der Waals surface area contributed by atoms with Crippen molar-refractivity contribution < 1.29 is 9.53 Å². The third-order valence-electron chi connectivity index (χ3n) is 1.85. The molecule has 0 aliphatic carbocycles. The van der Waals surface area contributed by atoms with Crippen molar-refractivity contribution >= 4 is 12.0 Å². The molecule has 0 atom stereocenters. The van der Waals surface area contributed by atoms with Crippen LogP contribution in [0.2, 0.25) is 0 Å².